The molecule has 0 saturated carbocycles. The molecule has 0 radical (unpaired) electrons. The molecule has 2 aromatic carbocycles. The average molecular weight is 465 g/mol. The van der Waals surface area contributed by atoms with E-state index in [1.54, 1.807) is 18.2 Å². The van der Waals surface area contributed by atoms with Crippen LogP contribution in [0, 0.1) is 20.8 Å². The molecule has 1 N–H and O–H groups in total. The van der Waals surface area contributed by atoms with Gasteiger partial charge in [-0.15, -0.1) is 0 Å². The zero-order chi connectivity index (χ0) is 24.8. The third-order valence-electron chi connectivity index (χ3n) is 5.43. The molecule has 0 aliphatic carbocycles. The molecule has 0 atom stereocenters. The largest absolute Gasteiger partial charge is 0.493 e. The molecule has 178 valence electrons. The van der Waals surface area contributed by atoms with Crippen LogP contribution >= 0.6 is 0 Å². The van der Waals surface area contributed by atoms with Gasteiger partial charge in [-0.3, -0.25) is 14.4 Å². The Labute approximate surface area is 198 Å². The van der Waals surface area contributed by atoms with Gasteiger partial charge in [0.05, 0.1) is 14.2 Å². The molecule has 8 heteroatoms. The second-order valence-electron chi connectivity index (χ2n) is 7.79. The summed E-state index contributed by atoms with van der Waals surface area (Å²) >= 11 is 0. The van der Waals surface area contributed by atoms with E-state index in [1.165, 1.54) is 20.3 Å². The second-order valence-corrected chi connectivity index (χ2v) is 7.79. The van der Waals surface area contributed by atoms with Gasteiger partial charge >= 0.3 is 5.97 Å². The van der Waals surface area contributed by atoms with Gasteiger partial charge in [0.1, 0.15) is 6.54 Å². The summed E-state index contributed by atoms with van der Waals surface area (Å²) in [5.41, 5.74) is 4.55. The fourth-order valence-electron chi connectivity index (χ4n) is 3.64. The Morgan fingerprint density at radius 2 is 1.56 bits per heavy atom. The molecule has 1 heterocycles. The zero-order valence-corrected chi connectivity index (χ0v) is 19.9. The monoisotopic (exact) mass is 464 g/mol. The smallest absolute Gasteiger partial charge is 0.325 e. The minimum Gasteiger partial charge on any atom is -0.493 e. The Morgan fingerprint density at radius 1 is 0.882 bits per heavy atom. The number of amides is 1. The molecule has 0 aliphatic heterocycles. The molecule has 3 aromatic rings. The van der Waals surface area contributed by atoms with Gasteiger partial charge < -0.3 is 24.1 Å². The van der Waals surface area contributed by atoms with Gasteiger partial charge in [-0.2, -0.15) is 0 Å². The number of Topliss-reactive ketones (excluding diaryl/α,β-unsaturated/α-hetero) is 1. The fraction of sp³-hybridized carbons (Fsp3) is 0.269. The lowest BCUT2D eigenvalue weighted by molar-refractivity contribution is -0.141. The predicted molar refractivity (Wildman–Crippen MR) is 127 cm³/mol. The first-order chi connectivity index (χ1) is 16.2. The zero-order valence-electron chi connectivity index (χ0n) is 19.9. The van der Waals surface area contributed by atoms with E-state index in [-0.39, 0.29) is 12.3 Å². The summed E-state index contributed by atoms with van der Waals surface area (Å²) in [7, 11) is 2.96. The summed E-state index contributed by atoms with van der Waals surface area (Å²) in [6.45, 7) is 5.00. The number of benzene rings is 2. The van der Waals surface area contributed by atoms with Gasteiger partial charge in [0.25, 0.3) is 5.91 Å². The van der Waals surface area contributed by atoms with Gasteiger partial charge in [0.2, 0.25) is 5.78 Å². The molecule has 3 rings (SSSR count). The first-order valence-corrected chi connectivity index (χ1v) is 10.7. The maximum absolute atomic E-state index is 12.7. The normalized spacial score (nSPS) is 10.5. The number of carbonyl (C=O) groups excluding carboxylic acids is 3. The van der Waals surface area contributed by atoms with Crippen molar-refractivity contribution in [1.82, 2.24) is 9.88 Å². The van der Waals surface area contributed by atoms with Crippen molar-refractivity contribution in [1.29, 1.82) is 0 Å². The van der Waals surface area contributed by atoms with Crippen molar-refractivity contribution in [3.8, 4) is 17.2 Å². The van der Waals surface area contributed by atoms with Gasteiger partial charge in [-0.1, -0.05) is 17.7 Å². The van der Waals surface area contributed by atoms with Crippen LogP contribution in [-0.4, -0.2) is 49.6 Å². The number of aromatic nitrogens is 1. The predicted octanol–water partition coefficient (Wildman–Crippen LogP) is 3.58. The Kier molecular flexibility index (Phi) is 7.73. The van der Waals surface area contributed by atoms with Crippen molar-refractivity contribution in [2.75, 3.05) is 27.4 Å². The van der Waals surface area contributed by atoms with Crippen LogP contribution < -0.4 is 14.8 Å². The second kappa shape index (κ2) is 10.7. The van der Waals surface area contributed by atoms with Crippen molar-refractivity contribution < 1.29 is 28.6 Å². The molecule has 34 heavy (non-hydrogen) atoms. The number of nitrogens with zero attached hydrogens (tertiary/aromatic N) is 1. The highest BCUT2D eigenvalue weighted by Crippen LogP contribution is 2.27. The van der Waals surface area contributed by atoms with Gasteiger partial charge in [0, 0.05) is 28.2 Å². The van der Waals surface area contributed by atoms with Crippen molar-refractivity contribution >= 4 is 17.7 Å². The van der Waals surface area contributed by atoms with E-state index in [0.717, 1.165) is 22.6 Å². The van der Waals surface area contributed by atoms with Gasteiger partial charge in [-0.25, -0.2) is 0 Å². The number of carbonyl (C=O) groups is 3. The van der Waals surface area contributed by atoms with Crippen LogP contribution in [0.2, 0.25) is 0 Å². The van der Waals surface area contributed by atoms with Crippen LogP contribution in [0.1, 0.15) is 37.7 Å². The van der Waals surface area contributed by atoms with E-state index in [1.807, 2.05) is 49.6 Å². The van der Waals surface area contributed by atoms with E-state index in [2.05, 4.69) is 5.32 Å². The van der Waals surface area contributed by atoms with Crippen molar-refractivity contribution in [2.24, 2.45) is 0 Å². The van der Waals surface area contributed by atoms with Crippen LogP contribution in [-0.2, 0) is 9.53 Å². The minimum absolute atomic E-state index is 0.296. The highest BCUT2D eigenvalue weighted by Gasteiger charge is 2.19. The molecule has 0 unspecified atom stereocenters. The molecule has 0 saturated heterocycles. The Bertz CT molecular complexity index is 1210. The molecule has 0 spiro atoms. The lowest BCUT2D eigenvalue weighted by atomic mass is 10.1. The summed E-state index contributed by atoms with van der Waals surface area (Å²) in [6, 6.07) is 14.4. The summed E-state index contributed by atoms with van der Waals surface area (Å²) < 4.78 is 17.4. The van der Waals surface area contributed by atoms with Gasteiger partial charge in [0.15, 0.2) is 18.1 Å². The van der Waals surface area contributed by atoms with Crippen molar-refractivity contribution in [2.45, 2.75) is 20.8 Å². The van der Waals surface area contributed by atoms with Crippen molar-refractivity contribution in [3.63, 3.8) is 0 Å². The van der Waals surface area contributed by atoms with Crippen LogP contribution in [0.15, 0.2) is 48.5 Å². The minimum atomic E-state index is -0.713. The molecule has 0 aliphatic rings. The van der Waals surface area contributed by atoms with Gasteiger partial charge in [-0.05, 0) is 57.2 Å². The maximum atomic E-state index is 12.7. The summed E-state index contributed by atoms with van der Waals surface area (Å²) in [6.07, 6.45) is 0. The fourth-order valence-corrected chi connectivity index (χ4v) is 3.64. The SMILES string of the molecule is COc1ccc(C(=O)NCC(=O)OCC(=O)c2cc(C)n(-c3ccc(C)cc3)c2C)cc1OC. The number of rotatable bonds is 9. The van der Waals surface area contributed by atoms with Crippen LogP contribution in [0.4, 0.5) is 0 Å². The number of aryl methyl sites for hydroxylation is 2. The first kappa shape index (κ1) is 24.6. The Balaban J connectivity index is 1.57. The lowest BCUT2D eigenvalue weighted by Crippen LogP contribution is -2.31. The third-order valence-corrected chi connectivity index (χ3v) is 5.43. The van der Waals surface area contributed by atoms with E-state index in [0.29, 0.717) is 22.6 Å². The molecule has 1 amide bonds. The molecule has 0 bridgehead atoms. The number of esters is 1. The topological polar surface area (TPSA) is 95.9 Å². The van der Waals surface area contributed by atoms with Crippen LogP contribution in [0.5, 0.6) is 11.5 Å². The van der Waals surface area contributed by atoms with Crippen molar-refractivity contribution in [3.05, 3.63) is 76.6 Å². The molecular weight excluding hydrogens is 436 g/mol. The Morgan fingerprint density at radius 3 is 2.21 bits per heavy atom. The number of ketones is 1. The Hall–Kier alpha value is -4.07. The lowest BCUT2D eigenvalue weighted by Gasteiger charge is -2.11. The molecule has 0 fully saturated rings. The number of nitrogens with one attached hydrogen (secondary N) is 1. The summed E-state index contributed by atoms with van der Waals surface area (Å²) in [5, 5.41) is 2.48. The molecule has 1 aromatic heterocycles. The van der Waals surface area contributed by atoms with E-state index in [4.69, 9.17) is 14.2 Å². The van der Waals surface area contributed by atoms with Crippen LogP contribution in [0.25, 0.3) is 5.69 Å². The standard InChI is InChI=1S/C26H28N2O6/c1-16-6-9-20(10-7-16)28-17(2)12-21(18(28)3)22(29)15-34-25(30)14-27-26(31)19-8-11-23(32-4)24(13-19)33-5/h6-13H,14-15H2,1-5H3,(H,27,31). The molecular formula is C26H28N2O6. The average Bonchev–Trinajstić information content (AvgIpc) is 3.14. The third kappa shape index (κ3) is 5.46. The number of methoxy groups -OCH3 is 2. The number of ether oxygens (including phenoxy) is 3. The quantitative estimate of drug-likeness (QED) is 0.384. The van der Waals surface area contributed by atoms with E-state index < -0.39 is 18.5 Å². The summed E-state index contributed by atoms with van der Waals surface area (Å²) in [5.74, 6) is -0.628. The number of hydrogen-bond donors (Lipinski definition) is 1. The molecule has 8 nitrogen and oxygen atoms in total. The van der Waals surface area contributed by atoms with E-state index in [9.17, 15) is 14.4 Å². The number of hydrogen-bond acceptors (Lipinski definition) is 6. The summed E-state index contributed by atoms with van der Waals surface area (Å²) in [4.78, 5) is 37.1. The highest BCUT2D eigenvalue weighted by atomic mass is 16.5. The van der Waals surface area contributed by atoms with Crippen LogP contribution in [0.3, 0.4) is 0 Å². The van der Waals surface area contributed by atoms with E-state index >= 15 is 0 Å². The first-order valence-electron chi connectivity index (χ1n) is 10.7. The maximum Gasteiger partial charge on any atom is 0.325 e. The highest BCUT2D eigenvalue weighted by molar-refractivity contribution is 6.00.